The third-order valence-electron chi connectivity index (χ3n) is 6.00. The van der Waals surface area contributed by atoms with Crippen molar-refractivity contribution in [3.8, 4) is 17.2 Å². The maximum atomic E-state index is 13.4. The molecule has 3 heterocycles. The molecule has 1 aliphatic rings. The quantitative estimate of drug-likeness (QED) is 0.390. The van der Waals surface area contributed by atoms with Crippen LogP contribution in [0.1, 0.15) is 37.6 Å². The molecule has 4 rings (SSSR count). The summed E-state index contributed by atoms with van der Waals surface area (Å²) < 4.78 is 16.7. The molecule has 3 aromatic rings. The molecular weight excluding hydrogens is 460 g/mol. The monoisotopic (exact) mass is 490 g/mol. The molecule has 2 aromatic heterocycles. The van der Waals surface area contributed by atoms with Gasteiger partial charge in [-0.3, -0.25) is 14.5 Å². The smallest absolute Gasteiger partial charge is 0.294 e. The van der Waals surface area contributed by atoms with Gasteiger partial charge in [-0.15, -0.1) is 0 Å². The topological polar surface area (TPSA) is 102 Å². The predicted octanol–water partition coefficient (Wildman–Crippen LogP) is 5.19. The number of carbonyl (C=O) groups excluding carboxylic acids is 2. The average molecular weight is 491 g/mol. The van der Waals surface area contributed by atoms with Gasteiger partial charge in [0, 0.05) is 49.1 Å². The van der Waals surface area contributed by atoms with Gasteiger partial charge in [0.2, 0.25) is 5.88 Å². The van der Waals surface area contributed by atoms with Gasteiger partial charge in [-0.05, 0) is 55.5 Å². The van der Waals surface area contributed by atoms with Gasteiger partial charge in [-0.1, -0.05) is 13.8 Å². The number of Topliss-reactive ketones (excluding diaryl/α,β-unsaturated/α-hetero) is 1. The summed E-state index contributed by atoms with van der Waals surface area (Å²) in [6.07, 6.45) is 2.23. The number of aliphatic hydroxyl groups is 1. The van der Waals surface area contributed by atoms with Crippen LogP contribution in [-0.4, -0.2) is 42.1 Å². The predicted molar refractivity (Wildman–Crippen MR) is 135 cm³/mol. The van der Waals surface area contributed by atoms with Crippen molar-refractivity contribution in [2.45, 2.75) is 33.2 Å². The minimum Gasteiger partial charge on any atom is -0.503 e. The van der Waals surface area contributed by atoms with Crippen LogP contribution in [-0.2, 0) is 14.3 Å². The van der Waals surface area contributed by atoms with Crippen LogP contribution in [0.3, 0.4) is 0 Å². The number of ketones is 1. The Morgan fingerprint density at radius 3 is 2.53 bits per heavy atom. The summed E-state index contributed by atoms with van der Waals surface area (Å²) in [5.74, 6) is -0.153. The van der Waals surface area contributed by atoms with Crippen LogP contribution >= 0.6 is 0 Å². The molecule has 1 atom stereocenters. The number of hydrogen-bond acceptors (Lipinski definition) is 7. The van der Waals surface area contributed by atoms with Crippen LogP contribution in [0.25, 0.3) is 11.3 Å². The second-order valence-corrected chi connectivity index (χ2v) is 8.91. The zero-order chi connectivity index (χ0) is 25.8. The van der Waals surface area contributed by atoms with Gasteiger partial charge >= 0.3 is 0 Å². The van der Waals surface area contributed by atoms with Gasteiger partial charge in [0.05, 0.1) is 12.2 Å². The first kappa shape index (κ1) is 25.2. The van der Waals surface area contributed by atoms with Gasteiger partial charge in [0.15, 0.2) is 11.5 Å². The number of hydrogen-bond donors (Lipinski definition) is 1. The fourth-order valence-electron chi connectivity index (χ4n) is 4.21. The van der Waals surface area contributed by atoms with Gasteiger partial charge in [0.1, 0.15) is 17.6 Å². The molecular formula is C28H30N2O6. The van der Waals surface area contributed by atoms with Crippen LogP contribution in [0, 0.1) is 12.8 Å². The molecule has 0 saturated carbocycles. The lowest BCUT2D eigenvalue weighted by Gasteiger charge is -2.28. The number of carbonyl (C=O) groups is 2. The molecule has 0 bridgehead atoms. The highest BCUT2D eigenvalue weighted by atomic mass is 16.5. The van der Waals surface area contributed by atoms with E-state index >= 15 is 0 Å². The number of anilines is 1. The molecule has 0 aliphatic carbocycles. The highest BCUT2D eigenvalue weighted by Crippen LogP contribution is 2.44. The van der Waals surface area contributed by atoms with E-state index in [0.29, 0.717) is 42.5 Å². The molecule has 1 aromatic carbocycles. The van der Waals surface area contributed by atoms with Crippen LogP contribution in [0.5, 0.6) is 5.88 Å². The standard InChI is InChI=1S/C28H30N2O6/c1-17(2)25(31)23-24(21-7-5-14-29-27(21)35-16-6-15-34-4)30(28(33)26(23)32)20-11-9-19(10-12-20)22-13-8-18(3)36-22/h5,7-14,17,24,32H,6,15-16H2,1-4H3. The maximum absolute atomic E-state index is 13.4. The number of furan rings is 1. The van der Waals surface area contributed by atoms with E-state index < -0.39 is 23.6 Å². The fraction of sp³-hybridized carbons (Fsp3) is 0.321. The van der Waals surface area contributed by atoms with Crippen LogP contribution < -0.4 is 9.64 Å². The van der Waals surface area contributed by atoms with Crippen molar-refractivity contribution in [2.75, 3.05) is 25.2 Å². The van der Waals surface area contributed by atoms with E-state index in [1.54, 1.807) is 51.4 Å². The second-order valence-electron chi connectivity index (χ2n) is 8.91. The molecule has 8 nitrogen and oxygen atoms in total. The molecule has 1 amide bonds. The molecule has 0 spiro atoms. The molecule has 36 heavy (non-hydrogen) atoms. The summed E-state index contributed by atoms with van der Waals surface area (Å²) >= 11 is 0. The summed E-state index contributed by atoms with van der Waals surface area (Å²) in [5, 5.41) is 10.9. The molecule has 0 radical (unpaired) electrons. The molecule has 1 unspecified atom stereocenters. The molecule has 0 fully saturated rings. The maximum Gasteiger partial charge on any atom is 0.294 e. The first-order valence-corrected chi connectivity index (χ1v) is 11.9. The normalized spacial score (nSPS) is 15.8. The van der Waals surface area contributed by atoms with E-state index in [2.05, 4.69) is 4.98 Å². The first-order chi connectivity index (χ1) is 17.3. The Labute approximate surface area is 210 Å². The SMILES string of the molecule is COCCCOc1ncccc1C1C(C(=O)C(C)C)=C(O)C(=O)N1c1ccc(-c2ccc(C)o2)cc1. The summed E-state index contributed by atoms with van der Waals surface area (Å²) in [6, 6.07) is 13.6. The Hall–Kier alpha value is -3.91. The van der Waals surface area contributed by atoms with E-state index in [1.807, 2.05) is 31.2 Å². The minimum absolute atomic E-state index is 0.0375. The fourth-order valence-corrected chi connectivity index (χ4v) is 4.21. The number of aliphatic hydroxyl groups excluding tert-OH is 1. The van der Waals surface area contributed by atoms with Crippen molar-refractivity contribution in [1.82, 2.24) is 4.98 Å². The third kappa shape index (κ3) is 4.90. The highest BCUT2D eigenvalue weighted by molar-refractivity contribution is 6.17. The third-order valence-corrected chi connectivity index (χ3v) is 6.00. The Morgan fingerprint density at radius 1 is 1.14 bits per heavy atom. The Bertz CT molecular complexity index is 1280. The number of aryl methyl sites for hydroxylation is 1. The average Bonchev–Trinajstić information content (AvgIpc) is 3.42. The van der Waals surface area contributed by atoms with Crippen molar-refractivity contribution in [2.24, 2.45) is 5.92 Å². The van der Waals surface area contributed by atoms with Crippen LogP contribution in [0.4, 0.5) is 5.69 Å². The Kier molecular flexibility index (Phi) is 7.55. The molecule has 1 N–H and O–H groups in total. The number of nitrogens with zero attached hydrogens (tertiary/aromatic N) is 2. The Morgan fingerprint density at radius 2 is 1.89 bits per heavy atom. The minimum atomic E-state index is -0.893. The summed E-state index contributed by atoms with van der Waals surface area (Å²) in [6.45, 7) is 6.21. The lowest BCUT2D eigenvalue weighted by molar-refractivity contribution is -0.119. The van der Waals surface area contributed by atoms with Crippen molar-refractivity contribution >= 4 is 17.4 Å². The van der Waals surface area contributed by atoms with E-state index in [9.17, 15) is 14.7 Å². The van der Waals surface area contributed by atoms with Gasteiger partial charge in [0.25, 0.3) is 5.91 Å². The van der Waals surface area contributed by atoms with E-state index in [-0.39, 0.29) is 11.4 Å². The van der Waals surface area contributed by atoms with Crippen molar-refractivity contribution in [3.63, 3.8) is 0 Å². The summed E-state index contributed by atoms with van der Waals surface area (Å²) in [4.78, 5) is 32.4. The highest BCUT2D eigenvalue weighted by Gasteiger charge is 2.46. The van der Waals surface area contributed by atoms with Crippen LogP contribution in [0.2, 0.25) is 0 Å². The van der Waals surface area contributed by atoms with Crippen molar-refractivity contribution in [1.29, 1.82) is 0 Å². The van der Waals surface area contributed by atoms with Crippen molar-refractivity contribution < 1.29 is 28.6 Å². The molecule has 188 valence electrons. The molecule has 1 aliphatic heterocycles. The number of pyridine rings is 1. The zero-order valence-electron chi connectivity index (χ0n) is 20.9. The lowest BCUT2D eigenvalue weighted by Crippen LogP contribution is -2.32. The van der Waals surface area contributed by atoms with Crippen molar-refractivity contribution in [3.05, 3.63) is 77.4 Å². The largest absolute Gasteiger partial charge is 0.503 e. The van der Waals surface area contributed by atoms with E-state index in [4.69, 9.17) is 13.9 Å². The Balaban J connectivity index is 1.77. The number of ether oxygens (including phenoxy) is 2. The second kappa shape index (κ2) is 10.8. The lowest BCUT2D eigenvalue weighted by atomic mass is 9.91. The van der Waals surface area contributed by atoms with E-state index in [0.717, 1.165) is 11.3 Å². The number of aromatic nitrogens is 1. The molecule has 8 heteroatoms. The number of rotatable bonds is 10. The van der Waals surface area contributed by atoms with Gasteiger partial charge < -0.3 is 19.0 Å². The molecule has 0 saturated heterocycles. The first-order valence-electron chi connectivity index (χ1n) is 11.9. The summed E-state index contributed by atoms with van der Waals surface area (Å²) in [7, 11) is 1.61. The van der Waals surface area contributed by atoms with Gasteiger partial charge in [-0.25, -0.2) is 4.98 Å². The van der Waals surface area contributed by atoms with Crippen LogP contribution in [0.15, 0.2) is 70.5 Å². The van der Waals surface area contributed by atoms with Gasteiger partial charge in [-0.2, -0.15) is 0 Å². The number of amides is 1. The number of benzene rings is 1. The number of methoxy groups -OCH3 is 1. The van der Waals surface area contributed by atoms with E-state index in [1.165, 1.54) is 4.90 Å². The zero-order valence-corrected chi connectivity index (χ0v) is 20.9. The summed E-state index contributed by atoms with van der Waals surface area (Å²) in [5.41, 5.74) is 1.91.